The average molecular weight is 478 g/mol. The highest BCUT2D eigenvalue weighted by molar-refractivity contribution is 7.99. The largest absolute Gasteiger partial charge is 0.484 e. The third-order valence-electron chi connectivity index (χ3n) is 4.60. The molecule has 3 aromatic rings. The van der Waals surface area contributed by atoms with Gasteiger partial charge in [0.25, 0.3) is 0 Å². The molecule has 0 bridgehead atoms. The van der Waals surface area contributed by atoms with E-state index < -0.39 is 22.3 Å². The number of aromatic nitrogens is 3. The second-order valence-electron chi connectivity index (χ2n) is 6.98. The first-order chi connectivity index (χ1) is 15.4. The van der Waals surface area contributed by atoms with Gasteiger partial charge < -0.3 is 10.1 Å². The van der Waals surface area contributed by atoms with Gasteiger partial charge in [-0.25, -0.2) is 0 Å². The SMILES string of the molecule is O=C(CSc1nnc(COc2ccccc2Cl)n1C1CC1)Nc1ccc(F)c([N+](=O)[O-])c1. The van der Waals surface area contributed by atoms with Crippen LogP contribution in [-0.4, -0.2) is 31.3 Å². The number of ether oxygens (including phenoxy) is 1. The number of anilines is 1. The fourth-order valence-electron chi connectivity index (χ4n) is 2.97. The number of nitro benzene ring substituents is 1. The molecular weight excluding hydrogens is 461 g/mol. The van der Waals surface area contributed by atoms with Crippen LogP contribution in [0.2, 0.25) is 5.02 Å². The first kappa shape index (κ1) is 22.0. The summed E-state index contributed by atoms with van der Waals surface area (Å²) in [6.45, 7) is 0.180. The third kappa shape index (κ3) is 5.17. The number of amides is 1. The summed E-state index contributed by atoms with van der Waals surface area (Å²) in [5.74, 6) is -0.200. The van der Waals surface area contributed by atoms with Crippen LogP contribution < -0.4 is 10.1 Å². The van der Waals surface area contributed by atoms with Crippen LogP contribution in [0.15, 0.2) is 47.6 Å². The number of carbonyl (C=O) groups excluding carboxylic acids is 1. The molecule has 1 N–H and O–H groups in total. The number of nitrogens with one attached hydrogen (secondary N) is 1. The van der Waals surface area contributed by atoms with Gasteiger partial charge in [0, 0.05) is 17.8 Å². The van der Waals surface area contributed by atoms with E-state index in [0.29, 0.717) is 21.8 Å². The van der Waals surface area contributed by atoms with Crippen molar-refractivity contribution < 1.29 is 18.8 Å². The minimum absolute atomic E-state index is 0.00139. The van der Waals surface area contributed by atoms with Crippen molar-refractivity contribution in [3.05, 3.63) is 69.2 Å². The van der Waals surface area contributed by atoms with E-state index >= 15 is 0 Å². The summed E-state index contributed by atoms with van der Waals surface area (Å²) in [4.78, 5) is 22.3. The van der Waals surface area contributed by atoms with Gasteiger partial charge in [-0.15, -0.1) is 10.2 Å². The van der Waals surface area contributed by atoms with Crippen LogP contribution in [0.25, 0.3) is 0 Å². The molecule has 166 valence electrons. The van der Waals surface area contributed by atoms with E-state index in [1.54, 1.807) is 12.1 Å². The summed E-state index contributed by atoms with van der Waals surface area (Å²) >= 11 is 7.31. The molecule has 0 radical (unpaired) electrons. The van der Waals surface area contributed by atoms with Gasteiger partial charge in [-0.1, -0.05) is 35.5 Å². The molecule has 12 heteroatoms. The quantitative estimate of drug-likeness (QED) is 0.272. The molecule has 1 saturated carbocycles. The van der Waals surface area contributed by atoms with Crippen molar-refractivity contribution in [1.82, 2.24) is 14.8 Å². The minimum Gasteiger partial charge on any atom is -0.484 e. The van der Waals surface area contributed by atoms with E-state index in [-0.39, 0.29) is 24.1 Å². The van der Waals surface area contributed by atoms with Crippen molar-refractivity contribution in [1.29, 1.82) is 0 Å². The standard InChI is InChI=1S/C20H17ClFN5O4S/c21-14-3-1-2-4-17(14)31-10-18-24-25-20(26(18)13-6-7-13)32-11-19(28)23-12-5-8-15(22)16(9-12)27(29)30/h1-5,8-9,13H,6-7,10-11H2,(H,23,28). The van der Waals surface area contributed by atoms with E-state index in [1.165, 1.54) is 17.8 Å². The Balaban J connectivity index is 1.39. The van der Waals surface area contributed by atoms with E-state index in [2.05, 4.69) is 15.5 Å². The lowest BCUT2D eigenvalue weighted by Gasteiger charge is -2.11. The summed E-state index contributed by atoms with van der Waals surface area (Å²) in [7, 11) is 0. The number of rotatable bonds is 9. The molecule has 2 aromatic carbocycles. The van der Waals surface area contributed by atoms with Crippen LogP contribution in [0.5, 0.6) is 5.75 Å². The summed E-state index contributed by atoms with van der Waals surface area (Å²) < 4.78 is 21.2. The number of para-hydroxylation sites is 1. The first-order valence-corrected chi connectivity index (χ1v) is 11.0. The maximum absolute atomic E-state index is 13.5. The van der Waals surface area contributed by atoms with Crippen LogP contribution in [0.4, 0.5) is 15.8 Å². The maximum atomic E-state index is 13.5. The monoisotopic (exact) mass is 477 g/mol. The number of carbonyl (C=O) groups is 1. The Morgan fingerprint density at radius 3 is 2.81 bits per heavy atom. The summed E-state index contributed by atoms with van der Waals surface area (Å²) in [6, 6.07) is 10.6. The Labute approximate surface area is 191 Å². The maximum Gasteiger partial charge on any atom is 0.306 e. The second-order valence-corrected chi connectivity index (χ2v) is 8.33. The summed E-state index contributed by atoms with van der Waals surface area (Å²) in [5, 5.41) is 22.8. The molecule has 1 heterocycles. The number of nitrogens with zero attached hydrogens (tertiary/aromatic N) is 4. The molecule has 1 aromatic heterocycles. The zero-order valence-electron chi connectivity index (χ0n) is 16.5. The highest BCUT2D eigenvalue weighted by Gasteiger charge is 2.30. The van der Waals surface area contributed by atoms with E-state index in [4.69, 9.17) is 16.3 Å². The van der Waals surface area contributed by atoms with Gasteiger partial charge in [0.05, 0.1) is 15.7 Å². The fourth-order valence-corrected chi connectivity index (χ4v) is 3.98. The molecule has 1 fully saturated rings. The van der Waals surface area contributed by atoms with Crippen molar-refractivity contribution in [2.45, 2.75) is 30.6 Å². The number of nitro groups is 1. The van der Waals surface area contributed by atoms with Gasteiger partial charge in [-0.3, -0.25) is 19.5 Å². The van der Waals surface area contributed by atoms with Crippen molar-refractivity contribution in [3.63, 3.8) is 0 Å². The molecule has 1 aliphatic carbocycles. The lowest BCUT2D eigenvalue weighted by Crippen LogP contribution is -2.15. The van der Waals surface area contributed by atoms with Gasteiger partial charge >= 0.3 is 5.69 Å². The smallest absolute Gasteiger partial charge is 0.306 e. The Morgan fingerprint density at radius 2 is 2.09 bits per heavy atom. The molecule has 0 saturated heterocycles. The van der Waals surface area contributed by atoms with Crippen LogP contribution in [0, 0.1) is 15.9 Å². The fraction of sp³-hybridized carbons (Fsp3) is 0.250. The van der Waals surface area contributed by atoms with E-state index in [1.807, 2.05) is 16.7 Å². The highest BCUT2D eigenvalue weighted by Crippen LogP contribution is 2.39. The predicted octanol–water partition coefficient (Wildman–Crippen LogP) is 4.62. The topological polar surface area (TPSA) is 112 Å². The van der Waals surface area contributed by atoms with Crippen LogP contribution in [0.3, 0.4) is 0 Å². The van der Waals surface area contributed by atoms with Gasteiger partial charge in [-0.2, -0.15) is 4.39 Å². The molecule has 9 nitrogen and oxygen atoms in total. The summed E-state index contributed by atoms with van der Waals surface area (Å²) in [6.07, 6.45) is 1.96. The minimum atomic E-state index is -0.966. The molecule has 1 amide bonds. The third-order valence-corrected chi connectivity index (χ3v) is 5.85. The van der Waals surface area contributed by atoms with Gasteiger partial charge in [0.2, 0.25) is 11.7 Å². The first-order valence-electron chi connectivity index (χ1n) is 9.60. The zero-order valence-corrected chi connectivity index (χ0v) is 18.1. The zero-order chi connectivity index (χ0) is 22.7. The Bertz CT molecular complexity index is 1170. The van der Waals surface area contributed by atoms with Crippen molar-refractivity contribution >= 4 is 40.6 Å². The average Bonchev–Trinajstić information content (AvgIpc) is 3.52. The predicted molar refractivity (Wildman–Crippen MR) is 116 cm³/mol. The molecule has 0 atom stereocenters. The molecule has 0 aliphatic heterocycles. The molecule has 0 unspecified atom stereocenters. The van der Waals surface area contributed by atoms with Crippen LogP contribution >= 0.6 is 23.4 Å². The Hall–Kier alpha value is -3.18. The lowest BCUT2D eigenvalue weighted by molar-refractivity contribution is -0.387. The van der Waals surface area contributed by atoms with Gasteiger partial charge in [0.1, 0.15) is 12.4 Å². The van der Waals surface area contributed by atoms with Crippen molar-refractivity contribution in [2.24, 2.45) is 0 Å². The number of thioether (sulfide) groups is 1. The summed E-state index contributed by atoms with van der Waals surface area (Å²) in [5.41, 5.74) is -0.562. The highest BCUT2D eigenvalue weighted by atomic mass is 35.5. The van der Waals surface area contributed by atoms with E-state index in [9.17, 15) is 19.3 Å². The molecular formula is C20H17ClFN5O4S. The molecule has 1 aliphatic rings. The Morgan fingerprint density at radius 1 is 1.31 bits per heavy atom. The van der Waals surface area contributed by atoms with Crippen LogP contribution in [-0.2, 0) is 11.4 Å². The molecule has 0 spiro atoms. The van der Waals surface area contributed by atoms with Crippen LogP contribution in [0.1, 0.15) is 24.7 Å². The second kappa shape index (κ2) is 9.53. The number of benzene rings is 2. The normalized spacial score (nSPS) is 13.1. The molecule has 32 heavy (non-hydrogen) atoms. The molecule has 4 rings (SSSR count). The van der Waals surface area contributed by atoms with Gasteiger partial charge in [-0.05, 0) is 37.1 Å². The van der Waals surface area contributed by atoms with Gasteiger partial charge in [0.15, 0.2) is 11.0 Å². The van der Waals surface area contributed by atoms with Crippen molar-refractivity contribution in [3.8, 4) is 5.75 Å². The number of halogens is 2. The van der Waals surface area contributed by atoms with E-state index in [0.717, 1.165) is 25.0 Å². The number of hydrogen-bond donors (Lipinski definition) is 1. The lowest BCUT2D eigenvalue weighted by atomic mass is 10.2. The Kier molecular flexibility index (Phi) is 6.56. The van der Waals surface area contributed by atoms with Crippen molar-refractivity contribution in [2.75, 3.05) is 11.1 Å². The number of hydrogen-bond acceptors (Lipinski definition) is 7.